The van der Waals surface area contributed by atoms with Crippen molar-refractivity contribution in [1.29, 1.82) is 0 Å². The first-order valence-electron chi connectivity index (χ1n) is 6.66. The molecule has 0 aliphatic rings. The summed E-state index contributed by atoms with van der Waals surface area (Å²) in [6, 6.07) is 10.1. The molecule has 0 saturated heterocycles. The molecule has 3 rings (SSSR count). The summed E-state index contributed by atoms with van der Waals surface area (Å²) in [5.74, 6) is 1.14. The van der Waals surface area contributed by atoms with Gasteiger partial charge in [-0.25, -0.2) is 9.97 Å². The Labute approximate surface area is 126 Å². The lowest BCUT2D eigenvalue weighted by Crippen LogP contribution is -2.01. The van der Waals surface area contributed by atoms with E-state index in [4.69, 9.17) is 9.97 Å². The van der Waals surface area contributed by atoms with Crippen LogP contribution in [-0.2, 0) is 7.05 Å². The molecule has 4 heteroatoms. The minimum absolute atomic E-state index is 0.349. The second kappa shape index (κ2) is 5.02. The number of nitrogens with zero attached hydrogens (tertiary/aromatic N) is 3. The molecule has 20 heavy (non-hydrogen) atoms. The zero-order chi connectivity index (χ0) is 14.3. The maximum absolute atomic E-state index is 4.79. The predicted molar refractivity (Wildman–Crippen MR) is 85.7 cm³/mol. The summed E-state index contributed by atoms with van der Waals surface area (Å²) < 4.78 is 3.10. The first-order valence-corrected chi connectivity index (χ1v) is 7.45. The summed E-state index contributed by atoms with van der Waals surface area (Å²) in [6.45, 7) is 4.33. The van der Waals surface area contributed by atoms with Crippen LogP contribution in [-0.4, -0.2) is 14.5 Å². The number of aryl methyl sites for hydroxylation is 1. The van der Waals surface area contributed by atoms with Gasteiger partial charge in [0.1, 0.15) is 5.65 Å². The maximum atomic E-state index is 4.79. The second-order valence-corrected chi connectivity index (χ2v) is 6.09. The van der Waals surface area contributed by atoms with Gasteiger partial charge in [0.25, 0.3) is 0 Å². The van der Waals surface area contributed by atoms with Crippen LogP contribution in [0.3, 0.4) is 0 Å². The van der Waals surface area contributed by atoms with Crippen molar-refractivity contribution >= 4 is 27.0 Å². The molecule has 0 N–H and O–H groups in total. The van der Waals surface area contributed by atoms with Crippen LogP contribution >= 0.6 is 15.9 Å². The third-order valence-corrected chi connectivity index (χ3v) is 3.98. The van der Waals surface area contributed by atoms with Crippen LogP contribution in [0.25, 0.3) is 22.4 Å². The molecule has 2 heterocycles. The van der Waals surface area contributed by atoms with Crippen molar-refractivity contribution in [2.45, 2.75) is 19.8 Å². The van der Waals surface area contributed by atoms with E-state index in [1.807, 2.05) is 48.1 Å². The van der Waals surface area contributed by atoms with Crippen molar-refractivity contribution in [1.82, 2.24) is 14.5 Å². The minimum atomic E-state index is 0.349. The summed E-state index contributed by atoms with van der Waals surface area (Å²) in [4.78, 5) is 9.52. The van der Waals surface area contributed by atoms with Crippen molar-refractivity contribution in [2.75, 3.05) is 0 Å². The first kappa shape index (κ1) is 13.3. The Bertz CT molecular complexity index is 760. The zero-order valence-electron chi connectivity index (χ0n) is 11.8. The van der Waals surface area contributed by atoms with Crippen LogP contribution in [0.2, 0.25) is 0 Å². The highest BCUT2D eigenvalue weighted by Gasteiger charge is 2.17. The lowest BCUT2D eigenvalue weighted by atomic mass is 10.1. The van der Waals surface area contributed by atoms with Gasteiger partial charge in [-0.05, 0) is 21.8 Å². The number of hydrogen-bond donors (Lipinski definition) is 0. The van der Waals surface area contributed by atoms with Gasteiger partial charge in [0, 0.05) is 23.3 Å². The van der Waals surface area contributed by atoms with E-state index in [0.717, 1.165) is 32.6 Å². The molecule has 0 atom stereocenters. The topological polar surface area (TPSA) is 30.7 Å². The van der Waals surface area contributed by atoms with E-state index < -0.39 is 0 Å². The van der Waals surface area contributed by atoms with Gasteiger partial charge in [-0.3, -0.25) is 0 Å². The highest BCUT2D eigenvalue weighted by atomic mass is 79.9. The van der Waals surface area contributed by atoms with Crippen molar-refractivity contribution in [3.05, 3.63) is 46.7 Å². The van der Waals surface area contributed by atoms with Gasteiger partial charge < -0.3 is 4.57 Å². The van der Waals surface area contributed by atoms with Gasteiger partial charge in [-0.2, -0.15) is 0 Å². The molecule has 0 spiro atoms. The van der Waals surface area contributed by atoms with Crippen molar-refractivity contribution in [2.24, 2.45) is 7.05 Å². The molecule has 102 valence electrons. The molecule has 0 unspecified atom stereocenters. The molecule has 0 saturated carbocycles. The van der Waals surface area contributed by atoms with E-state index in [1.165, 1.54) is 0 Å². The second-order valence-electron chi connectivity index (χ2n) is 5.24. The van der Waals surface area contributed by atoms with Crippen LogP contribution < -0.4 is 0 Å². The van der Waals surface area contributed by atoms with Crippen LogP contribution in [0.1, 0.15) is 25.5 Å². The fourth-order valence-corrected chi connectivity index (χ4v) is 3.07. The summed E-state index contributed by atoms with van der Waals surface area (Å²) in [5, 5.41) is 1.11. The van der Waals surface area contributed by atoms with Crippen LogP contribution in [0.15, 0.2) is 41.0 Å². The predicted octanol–water partition coefficient (Wildman–Crippen LogP) is 4.52. The lowest BCUT2D eigenvalue weighted by Gasteiger charge is -2.10. The highest BCUT2D eigenvalue weighted by Crippen LogP contribution is 2.32. The van der Waals surface area contributed by atoms with E-state index in [2.05, 4.69) is 29.8 Å². The van der Waals surface area contributed by atoms with Crippen LogP contribution in [0, 0.1) is 0 Å². The van der Waals surface area contributed by atoms with Gasteiger partial charge >= 0.3 is 0 Å². The average molecular weight is 330 g/mol. The molecule has 1 aromatic carbocycles. The molecule has 0 radical (unpaired) electrons. The Balaban J connectivity index is 2.34. The molecule has 0 amide bonds. The number of hydrogen-bond acceptors (Lipinski definition) is 2. The summed E-state index contributed by atoms with van der Waals surface area (Å²) in [6.07, 6.45) is 2.04. The molecular formula is C16H16BrN3. The minimum Gasteiger partial charge on any atom is -0.334 e. The standard InChI is InChI=1S/C16H16BrN3/c1-10(2)14-13-12(17)9-20(3)16(13)19-15(18-14)11-7-5-4-6-8-11/h4-10H,1-3H3. The monoisotopic (exact) mass is 329 g/mol. The van der Waals surface area contributed by atoms with Crippen molar-refractivity contribution < 1.29 is 0 Å². The largest absolute Gasteiger partial charge is 0.334 e. The SMILES string of the molecule is CC(C)c1nc(-c2ccccc2)nc2c1c(Br)cn2C. The number of aromatic nitrogens is 3. The van der Waals surface area contributed by atoms with Crippen LogP contribution in [0.5, 0.6) is 0 Å². The average Bonchev–Trinajstić information content (AvgIpc) is 2.74. The molecule has 3 nitrogen and oxygen atoms in total. The fourth-order valence-electron chi connectivity index (χ4n) is 2.38. The fraction of sp³-hybridized carbons (Fsp3) is 0.250. The number of rotatable bonds is 2. The Morgan fingerprint density at radius 1 is 1.10 bits per heavy atom. The molecule has 3 aromatic rings. The Morgan fingerprint density at radius 2 is 1.80 bits per heavy atom. The summed E-state index contributed by atoms with van der Waals surface area (Å²) >= 11 is 3.62. The maximum Gasteiger partial charge on any atom is 0.161 e. The van der Waals surface area contributed by atoms with Gasteiger partial charge in [-0.15, -0.1) is 0 Å². The number of halogens is 1. The third kappa shape index (κ3) is 2.14. The van der Waals surface area contributed by atoms with E-state index in [0.29, 0.717) is 5.92 Å². The van der Waals surface area contributed by atoms with E-state index in [1.54, 1.807) is 0 Å². The summed E-state index contributed by atoms with van der Waals surface area (Å²) in [5.41, 5.74) is 3.10. The Hall–Kier alpha value is -1.68. The molecule has 0 fully saturated rings. The molecule has 0 aliphatic heterocycles. The quantitative estimate of drug-likeness (QED) is 0.692. The zero-order valence-corrected chi connectivity index (χ0v) is 13.3. The van der Waals surface area contributed by atoms with Gasteiger partial charge in [0.15, 0.2) is 5.82 Å². The Morgan fingerprint density at radius 3 is 2.45 bits per heavy atom. The van der Waals surface area contributed by atoms with E-state index in [9.17, 15) is 0 Å². The van der Waals surface area contributed by atoms with Gasteiger partial charge in [0.05, 0.1) is 11.1 Å². The molecule has 0 bridgehead atoms. The van der Waals surface area contributed by atoms with Gasteiger partial charge in [-0.1, -0.05) is 44.2 Å². The number of benzene rings is 1. The van der Waals surface area contributed by atoms with E-state index in [-0.39, 0.29) is 0 Å². The lowest BCUT2D eigenvalue weighted by molar-refractivity contribution is 0.828. The molecule has 0 aliphatic carbocycles. The van der Waals surface area contributed by atoms with Crippen LogP contribution in [0.4, 0.5) is 0 Å². The van der Waals surface area contributed by atoms with Crippen molar-refractivity contribution in [3.8, 4) is 11.4 Å². The van der Waals surface area contributed by atoms with E-state index >= 15 is 0 Å². The molecule has 2 aromatic heterocycles. The summed E-state index contributed by atoms with van der Waals surface area (Å²) in [7, 11) is 2.01. The number of fused-ring (bicyclic) bond motifs is 1. The molecular weight excluding hydrogens is 314 g/mol. The smallest absolute Gasteiger partial charge is 0.161 e. The third-order valence-electron chi connectivity index (χ3n) is 3.38. The van der Waals surface area contributed by atoms with Gasteiger partial charge in [0.2, 0.25) is 0 Å². The Kier molecular flexibility index (Phi) is 3.34. The highest BCUT2D eigenvalue weighted by molar-refractivity contribution is 9.10. The first-order chi connectivity index (χ1) is 9.58. The van der Waals surface area contributed by atoms with Crippen molar-refractivity contribution in [3.63, 3.8) is 0 Å². The normalized spacial score (nSPS) is 11.4.